The monoisotopic (exact) mass is 366 g/mol. The molecule has 1 amide bonds. The van der Waals surface area contributed by atoms with Gasteiger partial charge < -0.3 is 15.1 Å². The van der Waals surface area contributed by atoms with E-state index in [1.165, 1.54) is 0 Å². The number of hydrogen-bond donors (Lipinski definition) is 1. The maximum atomic E-state index is 13.0. The lowest BCUT2D eigenvalue weighted by Crippen LogP contribution is -2.33. The van der Waals surface area contributed by atoms with Crippen molar-refractivity contribution in [2.45, 2.75) is 38.6 Å². The van der Waals surface area contributed by atoms with Gasteiger partial charge in [0.15, 0.2) is 0 Å². The van der Waals surface area contributed by atoms with Crippen LogP contribution in [0.3, 0.4) is 0 Å². The molecule has 0 radical (unpaired) electrons. The minimum Gasteiger partial charge on any atom is -0.381 e. The molecule has 2 aromatic rings. The molecule has 1 fully saturated rings. The van der Waals surface area contributed by atoms with E-state index in [4.69, 9.17) is 0 Å². The molecule has 0 bridgehead atoms. The van der Waals surface area contributed by atoms with Gasteiger partial charge in [0.05, 0.1) is 11.9 Å². The summed E-state index contributed by atoms with van der Waals surface area (Å²) >= 11 is 0. The summed E-state index contributed by atoms with van der Waals surface area (Å²) in [6, 6.07) is 12.5. The largest absolute Gasteiger partial charge is 0.381 e. The lowest BCUT2D eigenvalue weighted by atomic mass is 10.0. The Morgan fingerprint density at radius 1 is 1.19 bits per heavy atom. The molecule has 5 nitrogen and oxygen atoms in total. The van der Waals surface area contributed by atoms with Gasteiger partial charge in [-0.2, -0.15) is 0 Å². The molecule has 1 unspecified atom stereocenters. The Hall–Kier alpha value is -2.56. The van der Waals surface area contributed by atoms with Crippen LogP contribution in [0.4, 0.5) is 11.5 Å². The van der Waals surface area contributed by atoms with Gasteiger partial charge in [-0.3, -0.25) is 4.79 Å². The van der Waals surface area contributed by atoms with Gasteiger partial charge in [0.25, 0.3) is 5.91 Å². The van der Waals surface area contributed by atoms with Crippen LogP contribution in [0.15, 0.2) is 42.6 Å². The summed E-state index contributed by atoms with van der Waals surface area (Å²) in [5, 5.41) is 3.59. The number of likely N-dealkylation sites (tertiary alicyclic amines) is 1. The Labute approximate surface area is 162 Å². The zero-order valence-electron chi connectivity index (χ0n) is 16.6. The predicted octanol–water partition coefficient (Wildman–Crippen LogP) is 3.82. The molecule has 1 aliphatic heterocycles. The van der Waals surface area contributed by atoms with Crippen molar-refractivity contribution in [2.75, 3.05) is 37.4 Å². The Morgan fingerprint density at radius 3 is 2.70 bits per heavy atom. The van der Waals surface area contributed by atoms with Crippen molar-refractivity contribution in [2.24, 2.45) is 0 Å². The number of aromatic nitrogens is 1. The first kappa shape index (κ1) is 19.2. The summed E-state index contributed by atoms with van der Waals surface area (Å²) in [4.78, 5) is 21.5. The van der Waals surface area contributed by atoms with Gasteiger partial charge in [-0.1, -0.05) is 25.1 Å². The average molecular weight is 367 g/mol. The van der Waals surface area contributed by atoms with Crippen molar-refractivity contribution < 1.29 is 4.79 Å². The Morgan fingerprint density at radius 2 is 2.00 bits per heavy atom. The van der Waals surface area contributed by atoms with Crippen LogP contribution >= 0.6 is 0 Å². The first-order valence-electron chi connectivity index (χ1n) is 9.85. The molecule has 27 heavy (non-hydrogen) atoms. The number of amides is 1. The van der Waals surface area contributed by atoms with E-state index < -0.39 is 0 Å². The van der Waals surface area contributed by atoms with Gasteiger partial charge in [-0.15, -0.1) is 0 Å². The first-order chi connectivity index (χ1) is 13.1. The normalized spacial score (nSPS) is 17.3. The summed E-state index contributed by atoms with van der Waals surface area (Å²) in [6.45, 7) is 3.72. The van der Waals surface area contributed by atoms with E-state index in [2.05, 4.69) is 29.4 Å². The lowest BCUT2D eigenvalue weighted by molar-refractivity contribution is 0.0760. The summed E-state index contributed by atoms with van der Waals surface area (Å²) in [7, 11) is 3.98. The fraction of sp³-hybridized carbons (Fsp3) is 0.455. The second-order valence-corrected chi connectivity index (χ2v) is 7.37. The van der Waals surface area contributed by atoms with Gasteiger partial charge in [0.1, 0.15) is 5.82 Å². The van der Waals surface area contributed by atoms with E-state index in [0.29, 0.717) is 6.04 Å². The standard InChI is InChI=1S/C22H30N4O/c1-4-17-8-5-6-10-20(17)22(27)26-14-7-9-18(13-15-26)24-19-11-12-21(23-16-19)25(2)3/h5-6,8,10-12,16,18,24H,4,7,9,13-15H2,1-3H3. The van der Waals surface area contributed by atoms with Crippen molar-refractivity contribution in [3.8, 4) is 0 Å². The number of carbonyl (C=O) groups is 1. The number of aryl methyl sites for hydroxylation is 1. The molecule has 0 aliphatic carbocycles. The quantitative estimate of drug-likeness (QED) is 0.874. The van der Waals surface area contributed by atoms with Crippen molar-refractivity contribution in [3.63, 3.8) is 0 Å². The fourth-order valence-corrected chi connectivity index (χ4v) is 3.62. The van der Waals surface area contributed by atoms with Gasteiger partial charge in [0, 0.05) is 38.8 Å². The third-order valence-corrected chi connectivity index (χ3v) is 5.22. The highest BCUT2D eigenvalue weighted by molar-refractivity contribution is 5.95. The fourth-order valence-electron chi connectivity index (χ4n) is 3.62. The molecule has 5 heteroatoms. The van der Waals surface area contributed by atoms with Crippen LogP contribution in [0.2, 0.25) is 0 Å². The Bertz CT molecular complexity index is 757. The summed E-state index contributed by atoms with van der Waals surface area (Å²) in [5.41, 5.74) is 3.03. The van der Waals surface area contributed by atoms with E-state index >= 15 is 0 Å². The van der Waals surface area contributed by atoms with Crippen molar-refractivity contribution in [3.05, 3.63) is 53.7 Å². The number of anilines is 2. The molecule has 2 heterocycles. The number of nitrogens with zero attached hydrogens (tertiary/aromatic N) is 3. The first-order valence-corrected chi connectivity index (χ1v) is 9.85. The average Bonchev–Trinajstić information content (AvgIpc) is 2.93. The second-order valence-electron chi connectivity index (χ2n) is 7.37. The summed E-state index contributed by atoms with van der Waals surface area (Å²) in [5.74, 6) is 1.12. The molecule has 1 atom stereocenters. The van der Waals surface area contributed by atoms with Gasteiger partial charge in [-0.05, 0) is 49.4 Å². The third-order valence-electron chi connectivity index (χ3n) is 5.22. The molecular weight excluding hydrogens is 336 g/mol. The van der Waals surface area contributed by atoms with Crippen LogP contribution in [0, 0.1) is 0 Å². The van der Waals surface area contributed by atoms with Crippen LogP contribution in [-0.2, 0) is 6.42 Å². The van der Waals surface area contributed by atoms with Crippen LogP contribution in [0.5, 0.6) is 0 Å². The number of pyridine rings is 1. The molecule has 1 N–H and O–H groups in total. The van der Waals surface area contributed by atoms with E-state index in [-0.39, 0.29) is 5.91 Å². The number of carbonyl (C=O) groups excluding carboxylic acids is 1. The smallest absolute Gasteiger partial charge is 0.254 e. The third kappa shape index (κ3) is 4.79. The van der Waals surface area contributed by atoms with Gasteiger partial charge >= 0.3 is 0 Å². The van der Waals surface area contributed by atoms with Gasteiger partial charge in [-0.25, -0.2) is 4.98 Å². The maximum Gasteiger partial charge on any atom is 0.254 e. The highest BCUT2D eigenvalue weighted by Gasteiger charge is 2.22. The maximum absolute atomic E-state index is 13.0. The topological polar surface area (TPSA) is 48.5 Å². The highest BCUT2D eigenvalue weighted by Crippen LogP contribution is 2.20. The SMILES string of the molecule is CCc1ccccc1C(=O)N1CCCC(Nc2ccc(N(C)C)nc2)CC1. The molecule has 1 saturated heterocycles. The molecule has 0 saturated carbocycles. The Balaban J connectivity index is 1.61. The number of nitrogens with one attached hydrogen (secondary N) is 1. The van der Waals surface area contributed by atoms with E-state index in [9.17, 15) is 4.79 Å². The molecule has 144 valence electrons. The zero-order chi connectivity index (χ0) is 19.2. The van der Waals surface area contributed by atoms with Crippen molar-refractivity contribution in [1.29, 1.82) is 0 Å². The van der Waals surface area contributed by atoms with Crippen molar-refractivity contribution in [1.82, 2.24) is 9.88 Å². The second kappa shape index (κ2) is 8.89. The summed E-state index contributed by atoms with van der Waals surface area (Å²) in [6.07, 6.45) is 5.81. The molecule has 1 aromatic heterocycles. The molecule has 0 spiro atoms. The number of hydrogen-bond acceptors (Lipinski definition) is 4. The number of benzene rings is 1. The summed E-state index contributed by atoms with van der Waals surface area (Å²) < 4.78 is 0. The van der Waals surface area contributed by atoms with Crippen LogP contribution in [0.1, 0.15) is 42.1 Å². The van der Waals surface area contributed by atoms with Crippen LogP contribution < -0.4 is 10.2 Å². The van der Waals surface area contributed by atoms with Crippen LogP contribution in [-0.4, -0.2) is 49.0 Å². The molecule has 3 rings (SSSR count). The minimum atomic E-state index is 0.171. The van der Waals surface area contributed by atoms with Crippen molar-refractivity contribution >= 4 is 17.4 Å². The lowest BCUT2D eigenvalue weighted by Gasteiger charge is -2.22. The molecule has 1 aliphatic rings. The zero-order valence-corrected chi connectivity index (χ0v) is 16.6. The number of rotatable bonds is 5. The van der Waals surface area contributed by atoms with Crippen LogP contribution in [0.25, 0.3) is 0 Å². The minimum absolute atomic E-state index is 0.171. The van der Waals surface area contributed by atoms with Gasteiger partial charge in [0.2, 0.25) is 0 Å². The predicted molar refractivity (Wildman–Crippen MR) is 112 cm³/mol. The van der Waals surface area contributed by atoms with E-state index in [0.717, 1.165) is 61.4 Å². The molecular formula is C22H30N4O. The highest BCUT2D eigenvalue weighted by atomic mass is 16.2. The van der Waals surface area contributed by atoms with E-state index in [1.54, 1.807) is 0 Å². The molecule has 1 aromatic carbocycles. The Kier molecular flexibility index (Phi) is 6.32. The van der Waals surface area contributed by atoms with E-state index in [1.807, 2.05) is 54.4 Å².